The molecule has 8 heteroatoms. The summed E-state index contributed by atoms with van der Waals surface area (Å²) >= 11 is 0. The normalized spacial score (nSPS) is 20.5. The van der Waals surface area contributed by atoms with Crippen molar-refractivity contribution >= 4 is 11.8 Å². The Morgan fingerprint density at radius 3 is 2.76 bits per heavy atom. The van der Waals surface area contributed by atoms with Gasteiger partial charge in [-0.1, -0.05) is 30.3 Å². The van der Waals surface area contributed by atoms with Crippen molar-refractivity contribution in [2.24, 2.45) is 0 Å². The maximum Gasteiger partial charge on any atom is 0.433 e. The zero-order valence-electron chi connectivity index (χ0n) is 13.5. The fourth-order valence-electron chi connectivity index (χ4n) is 3.03. The number of aliphatic hydroxyl groups excluding tert-OH is 1. The summed E-state index contributed by atoms with van der Waals surface area (Å²) < 4.78 is 4.89. The molecule has 0 aliphatic carbocycles. The minimum Gasteiger partial charge on any atom is -0.395 e. The molecule has 0 spiro atoms. The number of amides is 1. The van der Waals surface area contributed by atoms with Crippen LogP contribution in [0.1, 0.15) is 22.5 Å². The molecule has 1 aliphatic rings. The van der Waals surface area contributed by atoms with Crippen LogP contribution < -0.4 is 5.32 Å². The van der Waals surface area contributed by atoms with Crippen molar-refractivity contribution in [3.8, 4) is 0 Å². The van der Waals surface area contributed by atoms with E-state index in [0.29, 0.717) is 26.1 Å². The molecule has 0 saturated carbocycles. The van der Waals surface area contributed by atoms with Crippen LogP contribution in [0, 0.1) is 10.1 Å². The number of hydrogen-bond acceptors (Lipinski definition) is 6. The number of rotatable bonds is 6. The second kappa shape index (κ2) is 7.45. The number of β-amino-alcohol motifs (C(OH)–C–C–N with tert-alkyl or cyclic N) is 1. The third-order valence-corrected chi connectivity index (χ3v) is 4.23. The highest BCUT2D eigenvalue weighted by molar-refractivity contribution is 5.91. The number of nitro groups is 1. The number of hydrogen-bond donors (Lipinski definition) is 2. The number of carbonyl (C=O) groups excluding carboxylic acids is 1. The molecule has 2 atom stereocenters. The molecule has 8 nitrogen and oxygen atoms in total. The molecular weight excluding hydrogens is 326 g/mol. The van der Waals surface area contributed by atoms with E-state index in [1.807, 2.05) is 30.3 Å². The van der Waals surface area contributed by atoms with Crippen LogP contribution >= 0.6 is 0 Å². The molecule has 2 heterocycles. The first-order chi connectivity index (χ1) is 12.0. The Labute approximate surface area is 144 Å². The van der Waals surface area contributed by atoms with Crippen LogP contribution in [0.4, 0.5) is 5.88 Å². The van der Waals surface area contributed by atoms with E-state index in [0.717, 1.165) is 11.6 Å². The topological polar surface area (TPSA) is 109 Å². The Morgan fingerprint density at radius 1 is 1.32 bits per heavy atom. The van der Waals surface area contributed by atoms with Gasteiger partial charge in [0.05, 0.1) is 12.2 Å². The van der Waals surface area contributed by atoms with Crippen molar-refractivity contribution in [2.75, 3.05) is 13.1 Å². The van der Waals surface area contributed by atoms with E-state index in [1.165, 1.54) is 6.07 Å². The monoisotopic (exact) mass is 345 g/mol. The Hall–Kier alpha value is -2.71. The smallest absolute Gasteiger partial charge is 0.395 e. The van der Waals surface area contributed by atoms with E-state index in [1.54, 1.807) is 0 Å². The summed E-state index contributed by atoms with van der Waals surface area (Å²) in [5.41, 5.74) is 1.13. The molecule has 0 bridgehead atoms. The predicted molar refractivity (Wildman–Crippen MR) is 89.0 cm³/mol. The average molecular weight is 345 g/mol. The maximum absolute atomic E-state index is 12.1. The minimum absolute atomic E-state index is 0.0101. The molecule has 1 aliphatic heterocycles. The highest BCUT2D eigenvalue weighted by Gasteiger charge is 2.31. The Bertz CT molecular complexity index is 746. The molecule has 1 fully saturated rings. The summed E-state index contributed by atoms with van der Waals surface area (Å²) in [7, 11) is 0. The predicted octanol–water partition coefficient (Wildman–Crippen LogP) is 1.55. The molecule has 1 amide bonds. The maximum atomic E-state index is 12.1. The minimum atomic E-state index is -0.689. The van der Waals surface area contributed by atoms with Gasteiger partial charge in [0.2, 0.25) is 0 Å². The summed E-state index contributed by atoms with van der Waals surface area (Å²) in [6.45, 7) is 1.56. The largest absolute Gasteiger partial charge is 0.433 e. The number of nitrogens with one attached hydrogen (secondary N) is 1. The molecule has 132 valence electrons. The van der Waals surface area contributed by atoms with Crippen molar-refractivity contribution < 1.29 is 19.2 Å². The van der Waals surface area contributed by atoms with Gasteiger partial charge in [-0.3, -0.25) is 19.8 Å². The van der Waals surface area contributed by atoms with E-state index in [9.17, 15) is 20.0 Å². The summed E-state index contributed by atoms with van der Waals surface area (Å²) in [5.74, 6) is -1.07. The van der Waals surface area contributed by atoms with Crippen LogP contribution in [0.3, 0.4) is 0 Å². The zero-order chi connectivity index (χ0) is 17.8. The van der Waals surface area contributed by atoms with Crippen molar-refractivity contribution in [2.45, 2.75) is 25.1 Å². The quantitative estimate of drug-likeness (QED) is 0.607. The molecule has 1 saturated heterocycles. The third kappa shape index (κ3) is 4.23. The van der Waals surface area contributed by atoms with Gasteiger partial charge < -0.3 is 14.8 Å². The fraction of sp³-hybridized carbons (Fsp3) is 0.353. The van der Waals surface area contributed by atoms with Gasteiger partial charge in [-0.05, 0) is 18.1 Å². The van der Waals surface area contributed by atoms with Gasteiger partial charge in [0.25, 0.3) is 5.91 Å². The lowest BCUT2D eigenvalue weighted by atomic mass is 10.1. The molecular formula is C17H19N3O5. The number of furan rings is 1. The molecule has 2 N–H and O–H groups in total. The molecule has 1 aromatic heterocycles. The van der Waals surface area contributed by atoms with E-state index in [2.05, 4.69) is 10.2 Å². The van der Waals surface area contributed by atoms with Crippen molar-refractivity contribution in [1.29, 1.82) is 0 Å². The zero-order valence-corrected chi connectivity index (χ0v) is 13.5. The van der Waals surface area contributed by atoms with Gasteiger partial charge in [0.1, 0.15) is 4.92 Å². The molecule has 2 aromatic rings. The number of nitrogens with zero attached hydrogens (tertiary/aromatic N) is 2. The second-order valence-electron chi connectivity index (χ2n) is 6.06. The SMILES string of the molecule is O=C(NC[C@@H]1C[C@H](O)CN1Cc1ccccc1)c1ccc([N+](=O)[O-])o1. The van der Waals surface area contributed by atoms with E-state index < -0.39 is 22.8 Å². The Balaban J connectivity index is 1.58. The van der Waals surface area contributed by atoms with Gasteiger partial charge in [0.15, 0.2) is 5.76 Å². The number of likely N-dealkylation sites (tertiary alicyclic amines) is 1. The van der Waals surface area contributed by atoms with Gasteiger partial charge in [-0.15, -0.1) is 0 Å². The first kappa shape index (κ1) is 17.1. The number of benzene rings is 1. The standard InChI is InChI=1S/C17H19N3O5/c21-14-8-13(19(11-14)10-12-4-2-1-3-5-12)9-18-17(22)15-6-7-16(25-15)20(23)24/h1-7,13-14,21H,8-11H2,(H,18,22)/t13-,14-/m0/s1. The van der Waals surface area contributed by atoms with E-state index in [4.69, 9.17) is 4.42 Å². The highest BCUT2D eigenvalue weighted by atomic mass is 16.6. The van der Waals surface area contributed by atoms with Gasteiger partial charge in [-0.25, -0.2) is 0 Å². The lowest BCUT2D eigenvalue weighted by Crippen LogP contribution is -2.39. The van der Waals surface area contributed by atoms with Gasteiger partial charge in [-0.2, -0.15) is 0 Å². The van der Waals surface area contributed by atoms with Crippen LogP contribution in [0.5, 0.6) is 0 Å². The fourth-order valence-corrected chi connectivity index (χ4v) is 3.03. The van der Waals surface area contributed by atoms with Gasteiger partial charge >= 0.3 is 5.88 Å². The summed E-state index contributed by atoms with van der Waals surface area (Å²) in [5, 5.41) is 23.3. The first-order valence-electron chi connectivity index (χ1n) is 8.01. The first-order valence-corrected chi connectivity index (χ1v) is 8.01. The van der Waals surface area contributed by atoms with Crippen LogP contribution in [-0.2, 0) is 6.54 Å². The van der Waals surface area contributed by atoms with Crippen LogP contribution in [0.15, 0.2) is 46.9 Å². The Morgan fingerprint density at radius 2 is 2.08 bits per heavy atom. The number of aliphatic hydroxyl groups is 1. The lowest BCUT2D eigenvalue weighted by molar-refractivity contribution is -0.402. The van der Waals surface area contributed by atoms with Crippen LogP contribution in [0.25, 0.3) is 0 Å². The molecule has 1 aromatic carbocycles. The summed E-state index contributed by atoms with van der Waals surface area (Å²) in [6.07, 6.45) is 0.126. The van der Waals surface area contributed by atoms with Crippen molar-refractivity contribution in [3.05, 3.63) is 63.9 Å². The lowest BCUT2D eigenvalue weighted by Gasteiger charge is -2.24. The van der Waals surface area contributed by atoms with Crippen molar-refractivity contribution in [1.82, 2.24) is 10.2 Å². The molecule has 0 unspecified atom stereocenters. The highest BCUT2D eigenvalue weighted by Crippen LogP contribution is 2.21. The molecule has 3 rings (SSSR count). The van der Waals surface area contributed by atoms with E-state index in [-0.39, 0.29) is 11.8 Å². The third-order valence-electron chi connectivity index (χ3n) is 4.23. The molecule has 25 heavy (non-hydrogen) atoms. The second-order valence-corrected chi connectivity index (χ2v) is 6.06. The average Bonchev–Trinajstić information content (AvgIpc) is 3.21. The van der Waals surface area contributed by atoms with Crippen LogP contribution in [0.2, 0.25) is 0 Å². The van der Waals surface area contributed by atoms with Crippen molar-refractivity contribution in [3.63, 3.8) is 0 Å². The van der Waals surface area contributed by atoms with Gasteiger partial charge in [0, 0.05) is 25.7 Å². The Kier molecular flexibility index (Phi) is 5.11. The van der Waals surface area contributed by atoms with E-state index >= 15 is 0 Å². The van der Waals surface area contributed by atoms with Crippen LogP contribution in [-0.4, -0.2) is 46.1 Å². The number of carbonyl (C=O) groups is 1. The summed E-state index contributed by atoms with van der Waals surface area (Å²) in [6, 6.07) is 12.3. The molecule has 0 radical (unpaired) electrons. The summed E-state index contributed by atoms with van der Waals surface area (Å²) in [4.78, 5) is 24.1.